The number of hydrogen-bond donors (Lipinski definition) is 1. The smallest absolute Gasteiger partial charge is 0.263 e. The second-order valence-corrected chi connectivity index (χ2v) is 8.55. The molecule has 0 bridgehead atoms. The van der Waals surface area contributed by atoms with Crippen molar-refractivity contribution in [3.05, 3.63) is 52.0 Å². The lowest BCUT2D eigenvalue weighted by Gasteiger charge is -2.11. The number of sulfone groups is 1. The minimum absolute atomic E-state index is 0.0750. The van der Waals surface area contributed by atoms with Crippen molar-refractivity contribution in [3.63, 3.8) is 0 Å². The molecule has 1 aromatic carbocycles. The van der Waals surface area contributed by atoms with Crippen LogP contribution in [0.3, 0.4) is 0 Å². The highest BCUT2D eigenvalue weighted by Crippen LogP contribution is 2.17. The molecule has 0 spiro atoms. The van der Waals surface area contributed by atoms with Gasteiger partial charge in [0.15, 0.2) is 0 Å². The van der Waals surface area contributed by atoms with Gasteiger partial charge in [0.2, 0.25) is 0 Å². The first-order valence-corrected chi connectivity index (χ1v) is 9.68. The Hall–Kier alpha value is -1.73. The summed E-state index contributed by atoms with van der Waals surface area (Å²) in [6, 6.07) is 9.47. The highest BCUT2D eigenvalue weighted by molar-refractivity contribution is 7.90. The van der Waals surface area contributed by atoms with Crippen molar-refractivity contribution in [1.82, 2.24) is 10.3 Å². The van der Waals surface area contributed by atoms with Gasteiger partial charge in [-0.1, -0.05) is 30.3 Å². The van der Waals surface area contributed by atoms with E-state index in [2.05, 4.69) is 10.3 Å². The quantitative estimate of drug-likeness (QED) is 0.873. The summed E-state index contributed by atoms with van der Waals surface area (Å²) in [7, 11) is -3.11. The summed E-state index contributed by atoms with van der Waals surface area (Å²) in [5.74, 6) is -0.359. The van der Waals surface area contributed by atoms with Crippen molar-refractivity contribution in [2.45, 2.75) is 19.4 Å². The molecule has 0 aliphatic heterocycles. The van der Waals surface area contributed by atoms with Gasteiger partial charge in [0.1, 0.15) is 14.7 Å². The van der Waals surface area contributed by atoms with Gasteiger partial charge in [0.05, 0.1) is 17.0 Å². The van der Waals surface area contributed by atoms with Gasteiger partial charge in [-0.3, -0.25) is 4.79 Å². The summed E-state index contributed by atoms with van der Waals surface area (Å²) < 4.78 is 22.4. The van der Waals surface area contributed by atoms with Crippen LogP contribution in [0.2, 0.25) is 0 Å². The summed E-state index contributed by atoms with van der Waals surface area (Å²) in [6.07, 6.45) is 3.36. The maximum Gasteiger partial charge on any atom is 0.263 e. The molecule has 0 radical (unpaired) electrons. The van der Waals surface area contributed by atoms with Crippen LogP contribution in [-0.4, -0.2) is 37.4 Å². The number of rotatable bonds is 6. The molecule has 1 N–H and O–H groups in total. The van der Waals surface area contributed by atoms with Crippen LogP contribution in [-0.2, 0) is 16.3 Å². The van der Waals surface area contributed by atoms with E-state index in [-0.39, 0.29) is 11.7 Å². The predicted octanol–water partition coefficient (Wildman–Crippen LogP) is 1.90. The lowest BCUT2D eigenvalue weighted by Crippen LogP contribution is -2.36. The molecular weight excluding hydrogens is 320 g/mol. The SMILES string of the molecule is C[C@H](CS(C)(=O)=O)NC(=O)c1cnc(Cc2ccccc2)s1. The molecule has 0 fully saturated rings. The zero-order valence-electron chi connectivity index (χ0n) is 12.4. The van der Waals surface area contributed by atoms with E-state index in [1.54, 1.807) is 6.92 Å². The summed E-state index contributed by atoms with van der Waals surface area (Å²) in [6.45, 7) is 1.67. The second kappa shape index (κ2) is 7.02. The fourth-order valence-electron chi connectivity index (χ4n) is 2.06. The monoisotopic (exact) mass is 338 g/mol. The minimum atomic E-state index is -3.11. The Balaban J connectivity index is 1.97. The van der Waals surface area contributed by atoms with Crippen LogP contribution in [0, 0.1) is 0 Å². The van der Waals surface area contributed by atoms with Gasteiger partial charge < -0.3 is 5.32 Å². The van der Waals surface area contributed by atoms with E-state index in [4.69, 9.17) is 0 Å². The number of hydrogen-bond acceptors (Lipinski definition) is 5. The molecule has 5 nitrogen and oxygen atoms in total. The number of nitrogens with one attached hydrogen (secondary N) is 1. The number of amides is 1. The van der Waals surface area contributed by atoms with E-state index in [1.807, 2.05) is 30.3 Å². The van der Waals surface area contributed by atoms with Gasteiger partial charge in [-0.2, -0.15) is 0 Å². The molecule has 1 amide bonds. The van der Waals surface area contributed by atoms with Crippen molar-refractivity contribution in [1.29, 1.82) is 0 Å². The van der Waals surface area contributed by atoms with Crippen LogP contribution in [0.5, 0.6) is 0 Å². The molecule has 0 aliphatic carbocycles. The first-order valence-electron chi connectivity index (χ1n) is 6.81. The van der Waals surface area contributed by atoms with E-state index < -0.39 is 15.9 Å². The van der Waals surface area contributed by atoms with Crippen molar-refractivity contribution >= 4 is 27.1 Å². The number of nitrogens with zero attached hydrogens (tertiary/aromatic N) is 1. The number of aromatic nitrogens is 1. The second-order valence-electron chi connectivity index (χ2n) is 5.25. The Kier molecular flexibility index (Phi) is 5.31. The van der Waals surface area contributed by atoms with Crippen LogP contribution in [0.25, 0.3) is 0 Å². The summed E-state index contributed by atoms with van der Waals surface area (Å²) in [5, 5.41) is 3.54. The molecule has 118 valence electrons. The number of thiazole rings is 1. The van der Waals surface area contributed by atoms with Gasteiger partial charge >= 0.3 is 0 Å². The zero-order chi connectivity index (χ0) is 16.2. The van der Waals surface area contributed by atoms with Crippen LogP contribution in [0.15, 0.2) is 36.5 Å². The van der Waals surface area contributed by atoms with Crippen LogP contribution < -0.4 is 5.32 Å². The molecule has 1 aromatic heterocycles. The van der Waals surface area contributed by atoms with E-state index in [1.165, 1.54) is 17.5 Å². The maximum absolute atomic E-state index is 12.1. The van der Waals surface area contributed by atoms with Gasteiger partial charge in [-0.05, 0) is 12.5 Å². The molecule has 0 saturated heterocycles. The molecule has 1 heterocycles. The summed E-state index contributed by atoms with van der Waals surface area (Å²) >= 11 is 1.32. The van der Waals surface area contributed by atoms with Crippen molar-refractivity contribution in [2.24, 2.45) is 0 Å². The number of benzene rings is 1. The first-order chi connectivity index (χ1) is 10.3. The first kappa shape index (κ1) is 16.6. The fourth-order valence-corrected chi connectivity index (χ4v) is 3.90. The molecule has 2 aromatic rings. The standard InChI is InChI=1S/C15H18N2O3S2/c1-11(10-22(2,19)20)17-15(18)13-9-16-14(21-13)8-12-6-4-3-5-7-12/h3-7,9,11H,8,10H2,1-2H3,(H,17,18)/t11-/m1/s1. The Bertz CT molecular complexity index is 739. The Morgan fingerprint density at radius 1 is 1.32 bits per heavy atom. The average molecular weight is 338 g/mol. The van der Waals surface area contributed by atoms with Crippen LogP contribution in [0.1, 0.15) is 27.2 Å². The summed E-state index contributed by atoms with van der Waals surface area (Å²) in [5.41, 5.74) is 1.13. The topological polar surface area (TPSA) is 76.1 Å². The third-order valence-corrected chi connectivity index (χ3v) is 5.01. The van der Waals surface area contributed by atoms with Gasteiger partial charge in [0, 0.05) is 18.7 Å². The highest BCUT2D eigenvalue weighted by atomic mass is 32.2. The maximum atomic E-state index is 12.1. The molecule has 2 rings (SSSR count). The normalized spacial score (nSPS) is 12.8. The largest absolute Gasteiger partial charge is 0.348 e. The third-order valence-electron chi connectivity index (χ3n) is 2.91. The number of carbonyl (C=O) groups is 1. The average Bonchev–Trinajstić information content (AvgIpc) is 2.86. The van der Waals surface area contributed by atoms with Crippen LogP contribution in [0.4, 0.5) is 0 Å². The van der Waals surface area contributed by atoms with Crippen molar-refractivity contribution in [3.8, 4) is 0 Å². The molecular formula is C15H18N2O3S2. The number of carbonyl (C=O) groups excluding carboxylic acids is 1. The van der Waals surface area contributed by atoms with Crippen molar-refractivity contribution in [2.75, 3.05) is 12.0 Å². The lowest BCUT2D eigenvalue weighted by atomic mass is 10.2. The Labute approximate surface area is 134 Å². The molecule has 1 atom stereocenters. The zero-order valence-corrected chi connectivity index (χ0v) is 14.1. The fraction of sp³-hybridized carbons (Fsp3) is 0.333. The Morgan fingerprint density at radius 3 is 2.64 bits per heavy atom. The molecule has 7 heteroatoms. The molecule has 0 aliphatic rings. The van der Waals surface area contributed by atoms with E-state index >= 15 is 0 Å². The van der Waals surface area contributed by atoms with Gasteiger partial charge in [-0.25, -0.2) is 13.4 Å². The van der Waals surface area contributed by atoms with Gasteiger partial charge in [-0.15, -0.1) is 11.3 Å². The Morgan fingerprint density at radius 2 is 2.00 bits per heavy atom. The van der Waals surface area contributed by atoms with Gasteiger partial charge in [0.25, 0.3) is 5.91 Å². The molecule has 0 unspecified atom stereocenters. The highest BCUT2D eigenvalue weighted by Gasteiger charge is 2.16. The van der Waals surface area contributed by atoms with E-state index in [9.17, 15) is 13.2 Å². The predicted molar refractivity (Wildman–Crippen MR) is 88.0 cm³/mol. The van der Waals surface area contributed by atoms with Crippen molar-refractivity contribution < 1.29 is 13.2 Å². The molecule has 22 heavy (non-hydrogen) atoms. The third kappa shape index (κ3) is 5.23. The molecule has 0 saturated carbocycles. The van der Waals surface area contributed by atoms with E-state index in [0.29, 0.717) is 11.3 Å². The summed E-state index contributed by atoms with van der Waals surface area (Å²) in [4.78, 5) is 16.8. The van der Waals surface area contributed by atoms with E-state index in [0.717, 1.165) is 16.8 Å². The van der Waals surface area contributed by atoms with Crippen LogP contribution >= 0.6 is 11.3 Å². The minimum Gasteiger partial charge on any atom is -0.348 e. The lowest BCUT2D eigenvalue weighted by molar-refractivity contribution is 0.0947.